The van der Waals surface area contributed by atoms with Crippen LogP contribution in [-0.2, 0) is 9.53 Å². The Morgan fingerprint density at radius 2 is 1.96 bits per heavy atom. The predicted molar refractivity (Wildman–Crippen MR) is 99.3 cm³/mol. The highest BCUT2D eigenvalue weighted by Gasteiger charge is 2.30. The Morgan fingerprint density at radius 3 is 2.63 bits per heavy atom. The number of hydrogen-bond donors (Lipinski definition) is 1. The standard InChI is InChI=1S/C20H23N3O4/c1-13-11-16(14-6-8-15(9-7-14)20(25)26)22-19(21-13)17-5-3-4-10-23(17)18(24)12-27-2/h6-9,11,17H,3-5,10,12H2,1-2H3,(H,25,26). The summed E-state index contributed by atoms with van der Waals surface area (Å²) in [5.74, 6) is -0.397. The smallest absolute Gasteiger partial charge is 0.335 e. The number of carboxylic acid groups (broad SMARTS) is 1. The maximum Gasteiger partial charge on any atom is 0.335 e. The molecule has 142 valence electrons. The fourth-order valence-electron chi connectivity index (χ4n) is 3.38. The molecule has 0 spiro atoms. The second-order valence-corrected chi connectivity index (χ2v) is 6.67. The highest BCUT2D eigenvalue weighted by Crippen LogP contribution is 2.30. The Balaban J connectivity index is 1.94. The first-order valence-corrected chi connectivity index (χ1v) is 8.97. The van der Waals surface area contributed by atoms with Gasteiger partial charge in [0, 0.05) is 24.9 Å². The van der Waals surface area contributed by atoms with Crippen LogP contribution in [0.1, 0.15) is 47.2 Å². The average Bonchev–Trinajstić information content (AvgIpc) is 2.68. The van der Waals surface area contributed by atoms with Gasteiger partial charge in [-0.1, -0.05) is 12.1 Å². The maximum atomic E-state index is 12.4. The van der Waals surface area contributed by atoms with Gasteiger partial charge in [0.05, 0.1) is 17.3 Å². The van der Waals surface area contributed by atoms with Gasteiger partial charge in [-0.2, -0.15) is 0 Å². The van der Waals surface area contributed by atoms with E-state index < -0.39 is 5.97 Å². The number of rotatable bonds is 5. The zero-order valence-corrected chi connectivity index (χ0v) is 15.5. The molecule has 7 heteroatoms. The third kappa shape index (κ3) is 4.31. The number of carbonyl (C=O) groups excluding carboxylic acids is 1. The van der Waals surface area contributed by atoms with Crippen molar-refractivity contribution < 1.29 is 19.4 Å². The van der Waals surface area contributed by atoms with Crippen molar-refractivity contribution in [1.29, 1.82) is 0 Å². The number of carboxylic acids is 1. The van der Waals surface area contributed by atoms with Crippen LogP contribution in [0.4, 0.5) is 0 Å². The normalized spacial score (nSPS) is 17.0. The van der Waals surface area contributed by atoms with Crippen LogP contribution >= 0.6 is 0 Å². The topological polar surface area (TPSA) is 92.6 Å². The lowest BCUT2D eigenvalue weighted by Gasteiger charge is -2.34. The molecule has 0 radical (unpaired) electrons. The molecule has 0 bridgehead atoms. The van der Waals surface area contributed by atoms with Gasteiger partial charge >= 0.3 is 5.97 Å². The van der Waals surface area contributed by atoms with Crippen molar-refractivity contribution in [2.45, 2.75) is 32.2 Å². The van der Waals surface area contributed by atoms with Gasteiger partial charge in [-0.15, -0.1) is 0 Å². The Kier molecular flexibility index (Phi) is 5.81. The molecule has 3 rings (SSSR count). The number of hydrogen-bond acceptors (Lipinski definition) is 5. The molecule has 7 nitrogen and oxygen atoms in total. The summed E-state index contributed by atoms with van der Waals surface area (Å²) in [5, 5.41) is 9.06. The van der Waals surface area contributed by atoms with Gasteiger partial charge in [0.2, 0.25) is 5.91 Å². The van der Waals surface area contributed by atoms with Gasteiger partial charge in [-0.25, -0.2) is 14.8 Å². The van der Waals surface area contributed by atoms with Crippen molar-refractivity contribution in [3.63, 3.8) is 0 Å². The molecule has 2 heterocycles. The van der Waals surface area contributed by atoms with Crippen molar-refractivity contribution in [2.24, 2.45) is 0 Å². The summed E-state index contributed by atoms with van der Waals surface area (Å²) in [5.41, 5.74) is 2.58. The number of piperidine rings is 1. The number of carbonyl (C=O) groups is 2. The fourth-order valence-corrected chi connectivity index (χ4v) is 3.38. The third-order valence-electron chi connectivity index (χ3n) is 4.69. The summed E-state index contributed by atoms with van der Waals surface area (Å²) in [7, 11) is 1.51. The number of aryl methyl sites for hydroxylation is 1. The summed E-state index contributed by atoms with van der Waals surface area (Å²) < 4.78 is 5.01. The quantitative estimate of drug-likeness (QED) is 0.871. The van der Waals surface area contributed by atoms with E-state index in [1.807, 2.05) is 13.0 Å². The van der Waals surface area contributed by atoms with E-state index in [-0.39, 0.29) is 24.1 Å². The molecule has 0 saturated carbocycles. The van der Waals surface area contributed by atoms with Crippen molar-refractivity contribution in [2.75, 3.05) is 20.3 Å². The molecule has 1 aliphatic heterocycles. The summed E-state index contributed by atoms with van der Waals surface area (Å²) in [4.78, 5) is 34.5. The summed E-state index contributed by atoms with van der Waals surface area (Å²) in [6, 6.07) is 8.29. The first kappa shape index (κ1) is 19.0. The van der Waals surface area contributed by atoms with E-state index in [4.69, 9.17) is 14.8 Å². The number of aromatic carboxylic acids is 1. The van der Waals surface area contributed by atoms with E-state index in [1.165, 1.54) is 7.11 Å². The second kappa shape index (κ2) is 8.26. The fraction of sp³-hybridized carbons (Fsp3) is 0.400. The Bertz CT molecular complexity index is 836. The first-order chi connectivity index (χ1) is 13.0. The lowest BCUT2D eigenvalue weighted by Crippen LogP contribution is -2.41. The van der Waals surface area contributed by atoms with Gasteiger partial charge in [0.15, 0.2) is 5.82 Å². The number of aromatic nitrogens is 2. The summed E-state index contributed by atoms with van der Waals surface area (Å²) in [6.45, 7) is 2.61. The van der Waals surface area contributed by atoms with E-state index >= 15 is 0 Å². The van der Waals surface area contributed by atoms with Gasteiger partial charge in [0.25, 0.3) is 0 Å². The average molecular weight is 369 g/mol. The molecule has 1 unspecified atom stereocenters. The lowest BCUT2D eigenvalue weighted by molar-refractivity contribution is -0.139. The molecule has 1 aromatic carbocycles. The monoisotopic (exact) mass is 369 g/mol. The highest BCUT2D eigenvalue weighted by atomic mass is 16.5. The van der Waals surface area contributed by atoms with Crippen molar-refractivity contribution in [3.05, 3.63) is 47.4 Å². The van der Waals surface area contributed by atoms with Crippen LogP contribution in [0.5, 0.6) is 0 Å². The maximum absolute atomic E-state index is 12.4. The summed E-state index contributed by atoms with van der Waals surface area (Å²) in [6.07, 6.45) is 2.79. The van der Waals surface area contributed by atoms with Crippen LogP contribution in [0, 0.1) is 6.92 Å². The van der Waals surface area contributed by atoms with E-state index in [2.05, 4.69) is 4.98 Å². The van der Waals surface area contributed by atoms with Crippen LogP contribution < -0.4 is 0 Å². The van der Waals surface area contributed by atoms with Crippen LogP contribution in [0.25, 0.3) is 11.3 Å². The molecular formula is C20H23N3O4. The SMILES string of the molecule is COCC(=O)N1CCCCC1c1nc(C)cc(-c2ccc(C(=O)O)cc2)n1. The Labute approximate surface area is 158 Å². The largest absolute Gasteiger partial charge is 0.478 e. The number of nitrogens with zero attached hydrogens (tertiary/aromatic N) is 3. The van der Waals surface area contributed by atoms with E-state index in [0.717, 1.165) is 36.2 Å². The minimum atomic E-state index is -0.962. The number of likely N-dealkylation sites (tertiary alicyclic amines) is 1. The highest BCUT2D eigenvalue weighted by molar-refractivity contribution is 5.88. The van der Waals surface area contributed by atoms with Gasteiger partial charge in [-0.05, 0) is 44.4 Å². The van der Waals surface area contributed by atoms with Crippen molar-refractivity contribution in [3.8, 4) is 11.3 Å². The molecule has 1 atom stereocenters. The van der Waals surface area contributed by atoms with Crippen LogP contribution in [0.2, 0.25) is 0 Å². The molecule has 1 aliphatic rings. The molecule has 2 aromatic rings. The van der Waals surface area contributed by atoms with E-state index in [0.29, 0.717) is 12.4 Å². The molecule has 1 fully saturated rings. The number of methoxy groups -OCH3 is 1. The Morgan fingerprint density at radius 1 is 1.22 bits per heavy atom. The Hall–Kier alpha value is -2.80. The zero-order valence-electron chi connectivity index (χ0n) is 15.5. The minimum absolute atomic E-state index is 0.0474. The number of benzene rings is 1. The van der Waals surface area contributed by atoms with Crippen molar-refractivity contribution in [1.82, 2.24) is 14.9 Å². The molecule has 1 aromatic heterocycles. The van der Waals surface area contributed by atoms with Gasteiger partial charge in [-0.3, -0.25) is 4.79 Å². The van der Waals surface area contributed by atoms with E-state index in [1.54, 1.807) is 29.2 Å². The molecule has 27 heavy (non-hydrogen) atoms. The minimum Gasteiger partial charge on any atom is -0.478 e. The van der Waals surface area contributed by atoms with Crippen molar-refractivity contribution >= 4 is 11.9 Å². The number of amides is 1. The zero-order chi connectivity index (χ0) is 19.4. The molecule has 0 aliphatic carbocycles. The molecular weight excluding hydrogens is 346 g/mol. The third-order valence-corrected chi connectivity index (χ3v) is 4.69. The molecule has 1 N–H and O–H groups in total. The molecule has 1 amide bonds. The van der Waals surface area contributed by atoms with Crippen LogP contribution in [0.15, 0.2) is 30.3 Å². The first-order valence-electron chi connectivity index (χ1n) is 8.97. The molecule has 1 saturated heterocycles. The van der Waals surface area contributed by atoms with Gasteiger partial charge < -0.3 is 14.7 Å². The van der Waals surface area contributed by atoms with Crippen LogP contribution in [0.3, 0.4) is 0 Å². The second-order valence-electron chi connectivity index (χ2n) is 6.67. The van der Waals surface area contributed by atoms with Gasteiger partial charge in [0.1, 0.15) is 6.61 Å². The number of ether oxygens (including phenoxy) is 1. The lowest BCUT2D eigenvalue weighted by atomic mass is 10.0. The van der Waals surface area contributed by atoms with Crippen LogP contribution in [-0.4, -0.2) is 52.1 Å². The van der Waals surface area contributed by atoms with E-state index in [9.17, 15) is 9.59 Å². The predicted octanol–water partition coefficient (Wildman–Crippen LogP) is 2.85. The summed E-state index contributed by atoms with van der Waals surface area (Å²) >= 11 is 0.